The van der Waals surface area contributed by atoms with E-state index < -0.39 is 11.0 Å². The van der Waals surface area contributed by atoms with Crippen LogP contribution in [-0.4, -0.2) is 29.7 Å². The van der Waals surface area contributed by atoms with E-state index in [1.54, 1.807) is 27.7 Å². The molecule has 0 rings (SSSR count). The number of rotatable bonds is 5. The largest absolute Gasteiger partial charge is 0.389 e. The molecule has 0 unspecified atom stereocenters. The Labute approximate surface area is 79.5 Å². The van der Waals surface area contributed by atoms with Gasteiger partial charge in [0.2, 0.25) is 5.91 Å². The fourth-order valence-electron chi connectivity index (χ4n) is 0.768. The Kier molecular flexibility index (Phi) is 3.88. The molecule has 0 aromatic rings. The zero-order chi connectivity index (χ0) is 10.7. The number of nitrogens with one attached hydrogen (secondary N) is 1. The summed E-state index contributed by atoms with van der Waals surface area (Å²) in [6.45, 7) is 7.88. The zero-order valence-corrected chi connectivity index (χ0v) is 8.85. The van der Waals surface area contributed by atoms with E-state index in [0.717, 1.165) is 0 Å². The van der Waals surface area contributed by atoms with Crippen molar-refractivity contribution in [3.63, 3.8) is 0 Å². The van der Waals surface area contributed by atoms with E-state index in [0.29, 0.717) is 13.1 Å². The van der Waals surface area contributed by atoms with Crippen molar-refractivity contribution in [1.29, 1.82) is 0 Å². The number of nitrogens with two attached hydrogens (primary N) is 1. The molecule has 4 heteroatoms. The molecule has 0 bridgehead atoms. The van der Waals surface area contributed by atoms with Gasteiger partial charge in [-0.2, -0.15) is 0 Å². The van der Waals surface area contributed by atoms with Gasteiger partial charge in [-0.15, -0.1) is 0 Å². The predicted molar refractivity (Wildman–Crippen MR) is 52.1 cm³/mol. The number of hydrogen-bond acceptors (Lipinski definition) is 3. The standard InChI is InChI=1S/C9H20N2O2/c1-8(2,7(10)12)5-11-6-9(3,4)13/h11,13H,5-6H2,1-4H3,(H2,10,12). The molecule has 0 aliphatic carbocycles. The van der Waals surface area contributed by atoms with Crippen molar-refractivity contribution in [2.75, 3.05) is 13.1 Å². The summed E-state index contributed by atoms with van der Waals surface area (Å²) in [4.78, 5) is 10.9. The van der Waals surface area contributed by atoms with Gasteiger partial charge < -0.3 is 16.2 Å². The van der Waals surface area contributed by atoms with Gasteiger partial charge in [0, 0.05) is 13.1 Å². The fourth-order valence-corrected chi connectivity index (χ4v) is 0.768. The zero-order valence-electron chi connectivity index (χ0n) is 8.85. The highest BCUT2D eigenvalue weighted by molar-refractivity contribution is 5.80. The Bertz CT molecular complexity index is 183. The topological polar surface area (TPSA) is 75.3 Å². The van der Waals surface area contributed by atoms with E-state index in [-0.39, 0.29) is 5.91 Å². The number of primary amides is 1. The second kappa shape index (κ2) is 4.07. The number of aliphatic hydroxyl groups is 1. The molecule has 4 nitrogen and oxygen atoms in total. The van der Waals surface area contributed by atoms with Crippen LogP contribution in [0.15, 0.2) is 0 Å². The van der Waals surface area contributed by atoms with Crippen LogP contribution in [0.1, 0.15) is 27.7 Å². The second-order valence-electron chi connectivity index (χ2n) is 4.66. The lowest BCUT2D eigenvalue weighted by molar-refractivity contribution is -0.125. The highest BCUT2D eigenvalue weighted by Crippen LogP contribution is 2.12. The maximum atomic E-state index is 10.9. The van der Waals surface area contributed by atoms with Crippen LogP contribution in [0.25, 0.3) is 0 Å². The van der Waals surface area contributed by atoms with Crippen molar-refractivity contribution in [3.8, 4) is 0 Å². The van der Waals surface area contributed by atoms with Crippen molar-refractivity contribution in [2.24, 2.45) is 11.1 Å². The Morgan fingerprint density at radius 2 is 1.77 bits per heavy atom. The molecular weight excluding hydrogens is 168 g/mol. The van der Waals surface area contributed by atoms with Gasteiger partial charge in [0.25, 0.3) is 0 Å². The number of amides is 1. The van der Waals surface area contributed by atoms with Crippen LogP contribution in [0, 0.1) is 5.41 Å². The van der Waals surface area contributed by atoms with Crippen LogP contribution in [0.5, 0.6) is 0 Å². The van der Waals surface area contributed by atoms with Crippen molar-refractivity contribution in [2.45, 2.75) is 33.3 Å². The first-order valence-corrected chi connectivity index (χ1v) is 4.38. The number of hydrogen-bond donors (Lipinski definition) is 3. The lowest BCUT2D eigenvalue weighted by Gasteiger charge is -2.24. The molecule has 0 aromatic carbocycles. The predicted octanol–water partition coefficient (Wildman–Crippen LogP) is -0.142. The molecule has 0 saturated heterocycles. The molecule has 0 heterocycles. The van der Waals surface area contributed by atoms with Crippen molar-refractivity contribution in [1.82, 2.24) is 5.32 Å². The van der Waals surface area contributed by atoms with Crippen molar-refractivity contribution >= 4 is 5.91 Å². The molecule has 0 aromatic heterocycles. The molecule has 13 heavy (non-hydrogen) atoms. The SMILES string of the molecule is CC(C)(O)CNCC(C)(C)C(N)=O. The van der Waals surface area contributed by atoms with Gasteiger partial charge >= 0.3 is 0 Å². The minimum absolute atomic E-state index is 0.337. The maximum Gasteiger partial charge on any atom is 0.224 e. The summed E-state index contributed by atoms with van der Waals surface area (Å²) in [5, 5.41) is 12.4. The molecule has 0 spiro atoms. The summed E-state index contributed by atoms with van der Waals surface area (Å²) in [6.07, 6.45) is 0. The van der Waals surface area contributed by atoms with Gasteiger partial charge in [-0.25, -0.2) is 0 Å². The van der Waals surface area contributed by atoms with Gasteiger partial charge in [-0.3, -0.25) is 4.79 Å². The van der Waals surface area contributed by atoms with Crippen LogP contribution in [0.4, 0.5) is 0 Å². The Morgan fingerprint density at radius 3 is 2.08 bits per heavy atom. The van der Waals surface area contributed by atoms with E-state index in [4.69, 9.17) is 5.73 Å². The van der Waals surface area contributed by atoms with Gasteiger partial charge in [0.1, 0.15) is 0 Å². The van der Waals surface area contributed by atoms with E-state index in [9.17, 15) is 9.90 Å². The first-order valence-electron chi connectivity index (χ1n) is 4.38. The third-order valence-corrected chi connectivity index (χ3v) is 1.79. The molecule has 0 aliphatic heterocycles. The molecule has 0 atom stereocenters. The molecule has 0 radical (unpaired) electrons. The summed E-state index contributed by atoms with van der Waals surface area (Å²) < 4.78 is 0. The first kappa shape index (κ1) is 12.4. The first-order chi connectivity index (χ1) is 5.65. The lowest BCUT2D eigenvalue weighted by atomic mass is 9.92. The van der Waals surface area contributed by atoms with E-state index in [1.165, 1.54) is 0 Å². The maximum absolute atomic E-state index is 10.9. The summed E-state index contributed by atoms with van der Waals surface area (Å²) in [7, 11) is 0. The lowest BCUT2D eigenvalue weighted by Crippen LogP contribution is -2.44. The smallest absolute Gasteiger partial charge is 0.224 e. The summed E-state index contributed by atoms with van der Waals surface area (Å²) in [5.74, 6) is -0.337. The highest BCUT2D eigenvalue weighted by Gasteiger charge is 2.25. The third kappa shape index (κ3) is 5.60. The summed E-state index contributed by atoms with van der Waals surface area (Å²) in [5.41, 5.74) is 3.86. The quantitative estimate of drug-likeness (QED) is 0.562. The van der Waals surface area contributed by atoms with Crippen LogP contribution in [0.3, 0.4) is 0 Å². The fraction of sp³-hybridized carbons (Fsp3) is 0.889. The molecule has 0 aliphatic rings. The van der Waals surface area contributed by atoms with Gasteiger partial charge in [0.05, 0.1) is 11.0 Å². The Morgan fingerprint density at radius 1 is 1.31 bits per heavy atom. The normalized spacial score (nSPS) is 13.0. The minimum Gasteiger partial charge on any atom is -0.389 e. The molecule has 0 fully saturated rings. The number of carbonyl (C=O) groups is 1. The molecule has 4 N–H and O–H groups in total. The van der Waals surface area contributed by atoms with E-state index >= 15 is 0 Å². The van der Waals surface area contributed by atoms with Crippen LogP contribution in [-0.2, 0) is 4.79 Å². The van der Waals surface area contributed by atoms with E-state index in [2.05, 4.69) is 5.32 Å². The monoisotopic (exact) mass is 188 g/mol. The average Bonchev–Trinajstić information content (AvgIpc) is 1.82. The Hall–Kier alpha value is -0.610. The van der Waals surface area contributed by atoms with Gasteiger partial charge in [-0.1, -0.05) is 0 Å². The third-order valence-electron chi connectivity index (χ3n) is 1.79. The number of carbonyl (C=O) groups excluding carboxylic acids is 1. The van der Waals surface area contributed by atoms with Crippen LogP contribution < -0.4 is 11.1 Å². The minimum atomic E-state index is -0.756. The van der Waals surface area contributed by atoms with Crippen molar-refractivity contribution < 1.29 is 9.90 Å². The highest BCUT2D eigenvalue weighted by atomic mass is 16.3. The molecule has 78 valence electrons. The molecular formula is C9H20N2O2. The van der Waals surface area contributed by atoms with Crippen molar-refractivity contribution in [3.05, 3.63) is 0 Å². The second-order valence-corrected chi connectivity index (χ2v) is 4.66. The van der Waals surface area contributed by atoms with Gasteiger partial charge in [-0.05, 0) is 27.7 Å². The molecule has 1 amide bonds. The van der Waals surface area contributed by atoms with Gasteiger partial charge in [0.15, 0.2) is 0 Å². The van der Waals surface area contributed by atoms with Crippen LogP contribution >= 0.6 is 0 Å². The summed E-state index contributed by atoms with van der Waals surface area (Å²) >= 11 is 0. The summed E-state index contributed by atoms with van der Waals surface area (Å²) in [6, 6.07) is 0. The van der Waals surface area contributed by atoms with Crippen LogP contribution in [0.2, 0.25) is 0 Å². The molecule has 0 saturated carbocycles. The Balaban J connectivity index is 3.84. The van der Waals surface area contributed by atoms with E-state index in [1.807, 2.05) is 0 Å². The average molecular weight is 188 g/mol.